The Bertz CT molecular complexity index is 1760. The van der Waals surface area contributed by atoms with Crippen molar-refractivity contribution in [3.05, 3.63) is 112 Å². The van der Waals surface area contributed by atoms with Gasteiger partial charge in [0, 0.05) is 28.1 Å². The predicted molar refractivity (Wildman–Crippen MR) is 130 cm³/mol. The van der Waals surface area contributed by atoms with Crippen LogP contribution in [0.3, 0.4) is 0 Å². The first-order valence-corrected chi connectivity index (χ1v) is 12.0. The van der Waals surface area contributed by atoms with Gasteiger partial charge >= 0.3 is 24.7 Å². The third-order valence-corrected chi connectivity index (χ3v) is 6.69. The first-order chi connectivity index (χ1) is 20.2. The number of aromatic nitrogens is 3. The topological polar surface area (TPSA) is 58.9 Å². The Morgan fingerprint density at radius 3 is 1.23 bits per heavy atom. The van der Waals surface area contributed by atoms with Crippen molar-refractivity contribution in [3.63, 3.8) is 0 Å². The van der Waals surface area contributed by atoms with E-state index in [0.717, 1.165) is 42.6 Å². The molecule has 0 aliphatic carbocycles. The van der Waals surface area contributed by atoms with Crippen molar-refractivity contribution in [1.29, 1.82) is 0 Å². The second kappa shape index (κ2) is 10.0. The molecule has 4 nitrogen and oxygen atoms in total. The Balaban J connectivity index is 2.06. The lowest BCUT2D eigenvalue weighted by Gasteiger charge is -2.32. The Hall–Kier alpha value is -4.47. The van der Waals surface area contributed by atoms with Crippen molar-refractivity contribution in [2.24, 2.45) is 0 Å². The summed E-state index contributed by atoms with van der Waals surface area (Å²) in [5.41, 5.74) is -16.2. The largest absolute Gasteiger partial charge is 0.433 e. The van der Waals surface area contributed by atoms with E-state index in [1.165, 1.54) is 6.07 Å². The molecule has 5 aromatic rings. The molecule has 0 fully saturated rings. The Labute approximate surface area is 237 Å². The minimum absolute atomic E-state index is 0.115. The number of rotatable bonds is 3. The lowest BCUT2D eigenvalue weighted by molar-refractivity contribution is -0.142. The van der Waals surface area contributed by atoms with E-state index in [1.54, 1.807) is 0 Å². The van der Waals surface area contributed by atoms with Gasteiger partial charge in [0.05, 0.1) is 27.9 Å². The summed E-state index contributed by atoms with van der Waals surface area (Å²) in [6.45, 7) is 0. The first kappa shape index (κ1) is 31.0. The molecule has 0 atom stereocenters. The zero-order valence-electron chi connectivity index (χ0n) is 21.3. The average molecular weight is 635 g/mol. The minimum Gasteiger partial charge on any atom is -0.374 e. The fourth-order valence-corrected chi connectivity index (χ4v) is 4.84. The molecule has 0 unspecified atom stereocenters. The highest BCUT2D eigenvalue weighted by Gasteiger charge is 2.46. The summed E-state index contributed by atoms with van der Waals surface area (Å²) in [6, 6.07) is 7.53. The second-order valence-corrected chi connectivity index (χ2v) is 9.43. The Kier molecular flexibility index (Phi) is 7.07. The molecule has 0 aliphatic rings. The van der Waals surface area contributed by atoms with Crippen LogP contribution in [0.1, 0.15) is 39.3 Å². The molecule has 44 heavy (non-hydrogen) atoms. The van der Waals surface area contributed by atoms with Crippen molar-refractivity contribution in [2.75, 3.05) is 0 Å². The van der Waals surface area contributed by atoms with Crippen molar-refractivity contribution < 1.29 is 57.8 Å². The first-order valence-electron chi connectivity index (χ1n) is 12.0. The van der Waals surface area contributed by atoms with Gasteiger partial charge < -0.3 is 5.11 Å². The molecule has 3 heterocycles. The zero-order chi connectivity index (χ0) is 32.5. The number of hydrogen-bond acceptors (Lipinski definition) is 4. The fourth-order valence-electron chi connectivity index (χ4n) is 4.84. The van der Waals surface area contributed by atoms with E-state index < -0.39 is 91.4 Å². The van der Waals surface area contributed by atoms with Crippen LogP contribution in [0.15, 0.2) is 72.9 Å². The monoisotopic (exact) mass is 635 g/mol. The summed E-state index contributed by atoms with van der Waals surface area (Å²) in [6.07, 6.45) is -20.5. The number of hydrogen-bond donors (Lipinski definition) is 1. The van der Waals surface area contributed by atoms with Gasteiger partial charge in [0.1, 0.15) is 11.4 Å². The third kappa shape index (κ3) is 5.27. The average Bonchev–Trinajstić information content (AvgIpc) is 2.93. The second-order valence-electron chi connectivity index (χ2n) is 9.43. The molecular formula is C28H13F12N3O. The summed E-state index contributed by atoms with van der Waals surface area (Å²) >= 11 is 0. The van der Waals surface area contributed by atoms with Crippen molar-refractivity contribution >= 4 is 21.8 Å². The van der Waals surface area contributed by atoms with Crippen molar-refractivity contribution in [2.45, 2.75) is 30.3 Å². The van der Waals surface area contributed by atoms with Gasteiger partial charge in [-0.1, -0.05) is 30.3 Å². The normalized spacial score (nSPS) is 13.6. The molecule has 1 N–H and O–H groups in total. The fraction of sp³-hybridized carbons (Fsp3) is 0.179. The molecule has 0 saturated heterocycles. The van der Waals surface area contributed by atoms with E-state index in [4.69, 9.17) is 0 Å². The smallest absolute Gasteiger partial charge is 0.374 e. The summed E-state index contributed by atoms with van der Waals surface area (Å²) < 4.78 is 168. The number of nitrogens with zero attached hydrogens (tertiary/aromatic N) is 3. The van der Waals surface area contributed by atoms with Gasteiger partial charge in [0.25, 0.3) is 0 Å². The standard InChI is InChI=1S/C28H13F12N3O/c29-25(30,31)15-7-3-5-13-17(11-20(27(35,36)37)42-22(13)15)24(44,19-9-1-2-10-41-19)18-12-21(28(38,39)40)43-23-14(18)6-4-8-16(23)26(32,33)34/h1-12,44H. The summed E-state index contributed by atoms with van der Waals surface area (Å²) in [5.74, 6) is 0. The molecule has 0 amide bonds. The van der Waals surface area contributed by atoms with Crippen molar-refractivity contribution in [1.82, 2.24) is 15.0 Å². The number of para-hydroxylation sites is 2. The van der Waals surface area contributed by atoms with Crippen LogP contribution in [-0.2, 0) is 30.3 Å². The minimum atomic E-state index is -5.45. The maximum absolute atomic E-state index is 14.0. The maximum atomic E-state index is 14.0. The summed E-state index contributed by atoms with van der Waals surface area (Å²) in [7, 11) is 0. The molecule has 0 bridgehead atoms. The van der Waals surface area contributed by atoms with Crippen molar-refractivity contribution in [3.8, 4) is 0 Å². The predicted octanol–water partition coefficient (Wildman–Crippen LogP) is 8.54. The summed E-state index contributed by atoms with van der Waals surface area (Å²) in [4.78, 5) is 10.1. The van der Waals surface area contributed by atoms with Crippen LogP contribution in [0.4, 0.5) is 52.7 Å². The number of aliphatic hydroxyl groups is 1. The summed E-state index contributed by atoms with van der Waals surface area (Å²) in [5, 5.41) is 10.8. The Morgan fingerprint density at radius 2 is 0.886 bits per heavy atom. The van der Waals surface area contributed by atoms with Gasteiger partial charge in [-0.15, -0.1) is 0 Å². The van der Waals surface area contributed by atoms with E-state index in [1.807, 2.05) is 0 Å². The SMILES string of the molecule is OC(c1ccccn1)(c1cc(C(F)(F)F)nc2c(C(F)(F)F)cccc12)c1cc(C(F)(F)F)nc2c(C(F)(F)F)cccc12. The van der Waals surface area contributed by atoms with Crippen LogP contribution in [0.2, 0.25) is 0 Å². The highest BCUT2D eigenvalue weighted by atomic mass is 19.4. The number of benzene rings is 2. The van der Waals surface area contributed by atoms with Gasteiger partial charge in [0.2, 0.25) is 0 Å². The molecule has 0 saturated carbocycles. The van der Waals surface area contributed by atoms with Gasteiger partial charge in [-0.2, -0.15) is 52.7 Å². The highest BCUT2D eigenvalue weighted by molar-refractivity contribution is 5.92. The molecule has 2 aromatic carbocycles. The highest BCUT2D eigenvalue weighted by Crippen LogP contribution is 2.48. The van der Waals surface area contributed by atoms with Gasteiger partial charge in [-0.25, -0.2) is 9.97 Å². The molecule has 16 heteroatoms. The molecule has 3 aromatic heterocycles. The molecular weight excluding hydrogens is 622 g/mol. The van der Waals surface area contributed by atoms with Crippen LogP contribution < -0.4 is 0 Å². The Morgan fingerprint density at radius 1 is 0.455 bits per heavy atom. The molecule has 230 valence electrons. The quantitative estimate of drug-likeness (QED) is 0.202. The van der Waals surface area contributed by atoms with E-state index in [9.17, 15) is 57.8 Å². The number of pyridine rings is 3. The van der Waals surface area contributed by atoms with E-state index in [2.05, 4.69) is 15.0 Å². The molecule has 5 rings (SSSR count). The zero-order valence-corrected chi connectivity index (χ0v) is 21.3. The van der Waals surface area contributed by atoms with Gasteiger partial charge in [-0.3, -0.25) is 4.98 Å². The number of fused-ring (bicyclic) bond motifs is 2. The number of halogens is 12. The van der Waals surface area contributed by atoms with E-state index >= 15 is 0 Å². The molecule has 0 spiro atoms. The van der Waals surface area contributed by atoms with Crippen LogP contribution in [0, 0.1) is 0 Å². The number of alkyl halides is 12. The van der Waals surface area contributed by atoms with E-state index in [0.29, 0.717) is 12.1 Å². The maximum Gasteiger partial charge on any atom is 0.433 e. The third-order valence-electron chi connectivity index (χ3n) is 6.69. The lowest BCUT2D eigenvalue weighted by atomic mass is 9.79. The van der Waals surface area contributed by atoms with E-state index in [-0.39, 0.29) is 12.1 Å². The van der Waals surface area contributed by atoms with Crippen LogP contribution in [-0.4, -0.2) is 20.1 Å². The van der Waals surface area contributed by atoms with Crippen LogP contribution >= 0.6 is 0 Å². The lowest BCUT2D eigenvalue weighted by Crippen LogP contribution is -2.32. The van der Waals surface area contributed by atoms with Gasteiger partial charge in [0.15, 0.2) is 5.60 Å². The van der Waals surface area contributed by atoms with Crippen LogP contribution in [0.5, 0.6) is 0 Å². The van der Waals surface area contributed by atoms with Gasteiger partial charge in [-0.05, 0) is 36.4 Å². The van der Waals surface area contributed by atoms with Crippen LogP contribution in [0.25, 0.3) is 21.8 Å². The molecule has 0 aliphatic heterocycles. The molecule has 0 radical (unpaired) electrons.